The zero-order valence-electron chi connectivity index (χ0n) is 15.6. The molecule has 7 heteroatoms. The number of carbonyl (C=O) groups is 1. The van der Waals surface area contributed by atoms with E-state index in [1.807, 2.05) is 37.3 Å². The highest BCUT2D eigenvalue weighted by atomic mass is 32.2. The van der Waals surface area contributed by atoms with Gasteiger partial charge in [0, 0.05) is 11.4 Å². The number of hydrogen-bond acceptors (Lipinski definition) is 5. The topological polar surface area (TPSA) is 64.0 Å². The summed E-state index contributed by atoms with van der Waals surface area (Å²) in [6.45, 7) is 5.86. The largest absolute Gasteiger partial charge is 0.352 e. The molecular weight excluding hydrogens is 390 g/mol. The van der Waals surface area contributed by atoms with E-state index in [0.29, 0.717) is 11.7 Å². The van der Waals surface area contributed by atoms with Crippen molar-refractivity contribution < 1.29 is 4.79 Å². The van der Waals surface area contributed by atoms with E-state index in [-0.39, 0.29) is 16.7 Å². The first-order valence-corrected chi connectivity index (χ1v) is 11.0. The Morgan fingerprint density at radius 3 is 2.93 bits per heavy atom. The zero-order valence-corrected chi connectivity index (χ0v) is 17.2. The summed E-state index contributed by atoms with van der Waals surface area (Å²) in [5.41, 5.74) is 1.88. The SMILES string of the molecule is C=CCNC(=O)C(C)Sc1nc2sc3c(c2c(=O)n1-c1ccccc1)CCC3. The average Bonchev–Trinajstić information content (AvgIpc) is 3.27. The Kier molecular flexibility index (Phi) is 5.37. The highest BCUT2D eigenvalue weighted by Crippen LogP contribution is 2.36. The Bertz CT molecular complexity index is 1100. The number of thioether (sulfide) groups is 1. The van der Waals surface area contributed by atoms with Gasteiger partial charge in [-0.1, -0.05) is 36.0 Å². The van der Waals surface area contributed by atoms with Gasteiger partial charge in [-0.25, -0.2) is 4.98 Å². The highest BCUT2D eigenvalue weighted by Gasteiger charge is 2.25. The van der Waals surface area contributed by atoms with Crippen LogP contribution in [0, 0.1) is 0 Å². The number of benzene rings is 1. The Hall–Kier alpha value is -2.38. The minimum Gasteiger partial charge on any atom is -0.352 e. The van der Waals surface area contributed by atoms with Gasteiger partial charge < -0.3 is 5.32 Å². The summed E-state index contributed by atoms with van der Waals surface area (Å²) in [5, 5.41) is 3.71. The maximum atomic E-state index is 13.5. The second-order valence-corrected chi connectivity index (χ2v) is 9.09. The summed E-state index contributed by atoms with van der Waals surface area (Å²) in [7, 11) is 0. The van der Waals surface area contributed by atoms with E-state index in [4.69, 9.17) is 4.98 Å². The molecule has 1 atom stereocenters. The molecule has 1 amide bonds. The molecule has 2 heterocycles. The fourth-order valence-corrected chi connectivity index (χ4v) is 5.69. The summed E-state index contributed by atoms with van der Waals surface area (Å²) in [6, 6.07) is 9.51. The van der Waals surface area contributed by atoms with Gasteiger partial charge in [-0.2, -0.15) is 0 Å². The van der Waals surface area contributed by atoms with E-state index < -0.39 is 0 Å². The van der Waals surface area contributed by atoms with Crippen LogP contribution in [0.25, 0.3) is 15.9 Å². The normalized spacial score (nSPS) is 14.0. The second kappa shape index (κ2) is 7.93. The molecule has 1 aliphatic rings. The molecule has 0 saturated carbocycles. The number of thiophene rings is 1. The van der Waals surface area contributed by atoms with Crippen LogP contribution in [0.2, 0.25) is 0 Å². The summed E-state index contributed by atoms with van der Waals surface area (Å²) in [6.07, 6.45) is 4.70. The Balaban J connectivity index is 1.84. The Morgan fingerprint density at radius 1 is 1.39 bits per heavy atom. The number of amides is 1. The third kappa shape index (κ3) is 3.40. The number of aromatic nitrogens is 2. The fourth-order valence-electron chi connectivity index (χ4n) is 3.44. The van der Waals surface area contributed by atoms with Crippen LogP contribution in [-0.4, -0.2) is 27.3 Å². The van der Waals surface area contributed by atoms with E-state index in [1.54, 1.807) is 22.0 Å². The molecule has 1 aromatic carbocycles. The average molecular weight is 412 g/mol. The van der Waals surface area contributed by atoms with Crippen molar-refractivity contribution in [2.24, 2.45) is 0 Å². The molecule has 0 fully saturated rings. The summed E-state index contributed by atoms with van der Waals surface area (Å²) in [4.78, 5) is 32.7. The molecule has 0 saturated heterocycles. The number of rotatable bonds is 6. The quantitative estimate of drug-likeness (QED) is 0.381. The van der Waals surface area contributed by atoms with Gasteiger partial charge in [-0.3, -0.25) is 14.2 Å². The highest BCUT2D eigenvalue weighted by molar-refractivity contribution is 8.00. The first-order valence-electron chi connectivity index (χ1n) is 9.28. The van der Waals surface area contributed by atoms with Crippen molar-refractivity contribution in [2.75, 3.05) is 6.54 Å². The van der Waals surface area contributed by atoms with Crippen LogP contribution >= 0.6 is 23.1 Å². The van der Waals surface area contributed by atoms with Gasteiger partial charge in [0.25, 0.3) is 5.56 Å². The van der Waals surface area contributed by atoms with Gasteiger partial charge >= 0.3 is 0 Å². The zero-order chi connectivity index (χ0) is 19.7. The standard InChI is InChI=1S/C21H21N3O2S2/c1-3-12-22-18(25)13(2)27-21-23-19-17(15-10-7-11-16(15)28-19)20(26)24(21)14-8-5-4-6-9-14/h3-6,8-9,13H,1,7,10-12H2,2H3,(H,22,25). The number of aryl methyl sites for hydroxylation is 2. The molecule has 0 radical (unpaired) electrons. The maximum Gasteiger partial charge on any atom is 0.267 e. The summed E-state index contributed by atoms with van der Waals surface area (Å²) in [5.74, 6) is -0.104. The third-order valence-corrected chi connectivity index (χ3v) is 7.03. The van der Waals surface area contributed by atoms with E-state index >= 15 is 0 Å². The number of fused-ring (bicyclic) bond motifs is 3. The molecule has 144 valence electrons. The molecule has 2 aromatic heterocycles. The minimum absolute atomic E-state index is 0.0446. The van der Waals surface area contributed by atoms with Crippen LogP contribution in [0.15, 0.2) is 52.9 Å². The number of nitrogens with zero attached hydrogens (tertiary/aromatic N) is 2. The molecule has 3 aromatic rings. The predicted molar refractivity (Wildman–Crippen MR) is 116 cm³/mol. The maximum absolute atomic E-state index is 13.5. The minimum atomic E-state index is -0.383. The van der Waals surface area contributed by atoms with E-state index in [1.165, 1.54) is 16.6 Å². The molecule has 28 heavy (non-hydrogen) atoms. The molecule has 4 rings (SSSR count). The molecule has 5 nitrogen and oxygen atoms in total. The van der Waals surface area contributed by atoms with E-state index in [9.17, 15) is 9.59 Å². The van der Waals surface area contributed by atoms with Crippen molar-refractivity contribution in [3.8, 4) is 5.69 Å². The van der Waals surface area contributed by atoms with Gasteiger partial charge in [0.05, 0.1) is 16.3 Å². The van der Waals surface area contributed by atoms with Crippen LogP contribution in [-0.2, 0) is 17.6 Å². The van der Waals surface area contributed by atoms with Crippen molar-refractivity contribution in [1.82, 2.24) is 14.9 Å². The third-order valence-electron chi connectivity index (χ3n) is 4.79. The monoisotopic (exact) mass is 411 g/mol. The molecule has 1 unspecified atom stereocenters. The number of carbonyl (C=O) groups excluding carboxylic acids is 1. The first kappa shape index (κ1) is 19.0. The van der Waals surface area contributed by atoms with Crippen LogP contribution in [0.3, 0.4) is 0 Å². The van der Waals surface area contributed by atoms with Crippen LogP contribution in [0.4, 0.5) is 0 Å². The number of hydrogen-bond donors (Lipinski definition) is 1. The van der Waals surface area contributed by atoms with E-state index in [2.05, 4.69) is 11.9 Å². The van der Waals surface area contributed by atoms with Gasteiger partial charge in [0.1, 0.15) is 4.83 Å². The summed E-state index contributed by atoms with van der Waals surface area (Å²) >= 11 is 2.92. The van der Waals surface area contributed by atoms with Crippen molar-refractivity contribution in [2.45, 2.75) is 36.6 Å². The lowest BCUT2D eigenvalue weighted by Gasteiger charge is -2.15. The Morgan fingerprint density at radius 2 is 2.18 bits per heavy atom. The number of para-hydroxylation sites is 1. The molecular formula is C21H21N3O2S2. The first-order chi connectivity index (χ1) is 13.6. The lowest BCUT2D eigenvalue weighted by Crippen LogP contribution is -2.32. The molecule has 1 N–H and O–H groups in total. The van der Waals surface area contributed by atoms with Gasteiger partial charge in [0.2, 0.25) is 5.91 Å². The fraction of sp³-hybridized carbons (Fsp3) is 0.286. The smallest absolute Gasteiger partial charge is 0.267 e. The van der Waals surface area contributed by atoms with E-state index in [0.717, 1.165) is 40.7 Å². The predicted octanol–water partition coefficient (Wildman–Crippen LogP) is 3.72. The Labute approximate surface area is 171 Å². The number of nitrogens with one attached hydrogen (secondary N) is 1. The van der Waals surface area contributed by atoms with Crippen molar-refractivity contribution in [3.05, 3.63) is 63.8 Å². The molecule has 0 aliphatic heterocycles. The van der Waals surface area contributed by atoms with Crippen molar-refractivity contribution >= 4 is 39.2 Å². The lowest BCUT2D eigenvalue weighted by atomic mass is 10.2. The van der Waals surface area contributed by atoms with Gasteiger partial charge in [-0.15, -0.1) is 17.9 Å². The van der Waals surface area contributed by atoms with Crippen molar-refractivity contribution in [3.63, 3.8) is 0 Å². The van der Waals surface area contributed by atoms with Crippen molar-refractivity contribution in [1.29, 1.82) is 0 Å². The van der Waals surface area contributed by atoms with Crippen LogP contribution in [0.5, 0.6) is 0 Å². The second-order valence-electron chi connectivity index (χ2n) is 6.70. The molecule has 1 aliphatic carbocycles. The molecule has 0 bridgehead atoms. The van der Waals surface area contributed by atoms with Gasteiger partial charge in [-0.05, 0) is 43.9 Å². The van der Waals surface area contributed by atoms with Crippen LogP contribution < -0.4 is 10.9 Å². The van der Waals surface area contributed by atoms with Gasteiger partial charge in [0.15, 0.2) is 5.16 Å². The molecule has 0 spiro atoms. The van der Waals surface area contributed by atoms with Crippen LogP contribution in [0.1, 0.15) is 23.8 Å². The summed E-state index contributed by atoms with van der Waals surface area (Å²) < 4.78 is 1.65. The lowest BCUT2D eigenvalue weighted by molar-refractivity contribution is -0.120.